The average Bonchev–Trinajstić information content (AvgIpc) is 1.56. The van der Waals surface area contributed by atoms with E-state index >= 15 is 0 Å². The summed E-state index contributed by atoms with van der Waals surface area (Å²) in [6, 6.07) is 29.7. The second-order valence-corrected chi connectivity index (χ2v) is 35.3. The fraction of sp³-hybridized carbons (Fsp3) is 0.512. The number of halogens is 5. The van der Waals surface area contributed by atoms with Gasteiger partial charge in [0.05, 0.1) is 66.3 Å². The number of sulfonamides is 2. The van der Waals surface area contributed by atoms with Crippen molar-refractivity contribution in [3.05, 3.63) is 133 Å². The molecule has 29 nitrogen and oxygen atoms in total. The lowest BCUT2D eigenvalue weighted by Gasteiger charge is -2.29. The van der Waals surface area contributed by atoms with Gasteiger partial charge in [-0.2, -0.15) is 0 Å². The van der Waals surface area contributed by atoms with Crippen molar-refractivity contribution in [2.45, 2.75) is 194 Å². The summed E-state index contributed by atoms with van der Waals surface area (Å²) in [6.45, 7) is 7.86. The maximum absolute atomic E-state index is 14.5. The lowest BCUT2D eigenvalue weighted by atomic mass is 10.0. The van der Waals surface area contributed by atoms with E-state index < -0.39 is 145 Å². The lowest BCUT2D eigenvalue weighted by molar-refractivity contribution is -0.141. The molecule has 2 unspecified atom stereocenters. The number of amides is 7. The third-order valence-electron chi connectivity index (χ3n) is 22.6. The summed E-state index contributed by atoms with van der Waals surface area (Å²) in [5.74, 6) is -2.31. The molecule has 7 amide bonds. The second kappa shape index (κ2) is 44.2. The van der Waals surface area contributed by atoms with Crippen LogP contribution in [0.2, 0.25) is 0 Å². The van der Waals surface area contributed by atoms with Crippen LogP contribution < -0.4 is 50.1 Å². The highest BCUT2D eigenvalue weighted by molar-refractivity contribution is 7.91. The number of pyridine rings is 2. The van der Waals surface area contributed by atoms with Crippen molar-refractivity contribution in [3.63, 3.8) is 0 Å². The molecule has 10 atom stereocenters. The van der Waals surface area contributed by atoms with Crippen molar-refractivity contribution in [1.82, 2.24) is 50.1 Å². The molecule has 6 aromatic rings. The van der Waals surface area contributed by atoms with Gasteiger partial charge in [0.15, 0.2) is 0 Å². The molecule has 2 saturated heterocycles. The zero-order valence-electron chi connectivity index (χ0n) is 69.0. The Morgan fingerprint density at radius 1 is 0.574 bits per heavy atom. The Labute approximate surface area is 727 Å². The number of rotatable bonds is 22. The number of aromatic nitrogens is 2. The van der Waals surface area contributed by atoms with Crippen LogP contribution >= 0.6 is 36.4 Å². The molecule has 0 bridgehead atoms. The largest absolute Gasteiger partial charge is 0.497 e. The fourth-order valence-electron chi connectivity index (χ4n) is 15.4. The predicted octanol–water partition coefficient (Wildman–Crippen LogP) is 11.4. The fourth-order valence-corrected chi connectivity index (χ4v) is 18.2. The van der Waals surface area contributed by atoms with E-state index in [1.807, 2.05) is 115 Å². The van der Waals surface area contributed by atoms with Crippen LogP contribution in [0.1, 0.15) is 136 Å². The van der Waals surface area contributed by atoms with E-state index in [0.717, 1.165) is 48.6 Å². The quantitative estimate of drug-likeness (QED) is 0.0271. The highest BCUT2D eigenvalue weighted by atomic mass is 35.5. The number of fused-ring (bicyclic) bond motifs is 6. The van der Waals surface area contributed by atoms with Gasteiger partial charge in [0, 0.05) is 82.4 Å². The molecular formula is C86H110Cl3F2N11O18S2. The number of benzene rings is 4. The molecule has 4 aromatic carbocycles. The number of carbonyl (C=O) groups is 8. The van der Waals surface area contributed by atoms with Gasteiger partial charge in [-0.1, -0.05) is 131 Å². The van der Waals surface area contributed by atoms with Gasteiger partial charge in [-0.3, -0.25) is 38.2 Å². The molecule has 0 radical (unpaired) electrons. The summed E-state index contributed by atoms with van der Waals surface area (Å²) in [5.41, 5.74) is 6.79. The number of alkyl carbamates (subject to hydrolysis) is 1. The van der Waals surface area contributed by atoms with E-state index in [1.165, 1.54) is 29.4 Å². The minimum atomic E-state index is -3.92. The van der Waals surface area contributed by atoms with E-state index in [9.17, 15) is 64.0 Å². The number of allylic oxidation sites excluding steroid dienone is 2. The summed E-state index contributed by atoms with van der Waals surface area (Å²) in [5, 5.41) is 8.50. The van der Waals surface area contributed by atoms with Crippen LogP contribution in [-0.4, -0.2) is 220 Å². The number of nitrogens with one attached hydrogen (secondary N) is 5. The Kier molecular flexibility index (Phi) is 34.9. The van der Waals surface area contributed by atoms with Gasteiger partial charge in [-0.05, 0) is 121 Å². The van der Waals surface area contributed by atoms with Crippen molar-refractivity contribution in [2.24, 2.45) is 17.6 Å². The van der Waals surface area contributed by atoms with Crippen molar-refractivity contribution >= 4 is 125 Å². The number of nitrogens with two attached hydrogens (primary N) is 1. The zero-order chi connectivity index (χ0) is 85.9. The SMILES string of the molecule is CCN(CC)CC.COc1ccc2c(O[C@@H]3C[C@H]4C(=O)N[C@]5(C(=O)NS(=O)(=O)C6CC6)CC5/C=C\CCCCC[C@H](N)C(=O)N4C3)cc(-c3ccccc3)nc2c1.COc1ccc2c(O[C@@H]3C[C@H]4C(=O)N[C@]5(C(=O)NS(=O)(=O)C6CC6)CC5/C=C\CCCCC[C@H](NC(=O)OCCF)C(=O)N4C3)cc(-c3ccccc3)nc2c1.Cl.Cl.O=C(Cl)OCCF. The second-order valence-electron chi connectivity index (χ2n) is 31.0. The van der Waals surface area contributed by atoms with E-state index in [0.29, 0.717) is 102 Å². The van der Waals surface area contributed by atoms with Crippen LogP contribution in [0.4, 0.5) is 18.4 Å². The first-order chi connectivity index (χ1) is 57.7. The first-order valence-corrected chi connectivity index (χ1v) is 44.7. The Morgan fingerprint density at radius 3 is 1.39 bits per heavy atom. The number of alkyl halides is 2. The third-order valence-corrected chi connectivity index (χ3v) is 26.4. The maximum atomic E-state index is 14.5. The Bertz CT molecular complexity index is 4940. The van der Waals surface area contributed by atoms with Gasteiger partial charge in [0.25, 0.3) is 11.8 Å². The number of hydrogen-bond acceptors (Lipinski definition) is 22. The minimum Gasteiger partial charge on any atom is -0.497 e. The minimum absolute atomic E-state index is 0. The summed E-state index contributed by atoms with van der Waals surface area (Å²) < 4.78 is 113. The van der Waals surface area contributed by atoms with Crippen molar-refractivity contribution in [3.8, 4) is 45.5 Å². The topological polar surface area (TPSA) is 382 Å². The number of methoxy groups -OCH3 is 2. The molecule has 122 heavy (non-hydrogen) atoms. The van der Waals surface area contributed by atoms with Crippen LogP contribution in [-0.2, 0) is 58.3 Å². The Morgan fingerprint density at radius 2 is 1.00 bits per heavy atom. The van der Waals surface area contributed by atoms with Gasteiger partial charge in [0.2, 0.25) is 43.7 Å². The van der Waals surface area contributed by atoms with Crippen molar-refractivity contribution in [2.75, 3.05) is 73.5 Å². The van der Waals surface area contributed by atoms with Crippen molar-refractivity contribution in [1.29, 1.82) is 0 Å². The van der Waals surface area contributed by atoms with Crippen LogP contribution in [0.25, 0.3) is 44.3 Å². The van der Waals surface area contributed by atoms with Gasteiger partial charge >= 0.3 is 11.5 Å². The number of hydrogen-bond donors (Lipinski definition) is 6. The highest BCUT2D eigenvalue weighted by Crippen LogP contribution is 2.48. The predicted molar refractivity (Wildman–Crippen MR) is 462 cm³/mol. The summed E-state index contributed by atoms with van der Waals surface area (Å²) in [4.78, 5) is 121. The Hall–Kier alpha value is -9.51. The molecule has 36 heteroatoms. The average molecular weight is 1790 g/mol. The molecule has 6 heterocycles. The number of carbonyl (C=O) groups excluding carboxylic acids is 8. The summed E-state index contributed by atoms with van der Waals surface area (Å²) in [7, 11) is -4.61. The maximum Gasteiger partial charge on any atom is 0.407 e. The molecule has 4 aliphatic heterocycles. The van der Waals surface area contributed by atoms with Crippen LogP contribution in [0.3, 0.4) is 0 Å². The molecule has 6 fully saturated rings. The molecular weight excluding hydrogens is 1680 g/mol. The van der Waals surface area contributed by atoms with E-state index in [2.05, 4.69) is 67.4 Å². The molecule has 14 rings (SSSR count). The summed E-state index contributed by atoms with van der Waals surface area (Å²) >= 11 is 4.63. The molecule has 4 aliphatic carbocycles. The van der Waals surface area contributed by atoms with Gasteiger partial charge in [-0.15, -0.1) is 24.8 Å². The molecule has 4 saturated carbocycles. The molecule has 0 spiro atoms. The highest BCUT2D eigenvalue weighted by Gasteiger charge is 2.64. The number of ether oxygens (including phenoxy) is 6. The Balaban J connectivity index is 0.000000237. The molecule has 664 valence electrons. The lowest BCUT2D eigenvalue weighted by Crippen LogP contribution is -2.58. The zero-order valence-corrected chi connectivity index (χ0v) is 73.0. The summed E-state index contributed by atoms with van der Waals surface area (Å²) in [6.07, 6.45) is 14.5. The van der Waals surface area contributed by atoms with E-state index in [4.69, 9.17) is 39.4 Å². The molecule has 2 aromatic heterocycles. The van der Waals surface area contributed by atoms with E-state index in [-0.39, 0.29) is 88.4 Å². The van der Waals surface area contributed by atoms with Gasteiger partial charge in [-0.25, -0.2) is 45.2 Å². The van der Waals surface area contributed by atoms with Crippen molar-refractivity contribution < 1.29 is 92.4 Å². The standard InChI is InChI=1S/C40H46FN5O9S.C37H43N5O7S.C6H15N.C3H4ClFO2.2ClH/c1-53-27-14-17-30-33(20-27)42-32(25-10-6-5-7-11-25)22-35(30)55-28-21-34-36(47)44-40(38(49)45-56(51,52)29-15-16-29)23-26(40)12-8-3-2-4-9-13-31(37(48)46(34)24-28)43-39(50)54-19-18-41;1-48-25-14-17-28-31(18-25)39-30(23-10-6-5-7-11-23)20-33(28)49-26-19-32-34(43)40-37(36(45)41-50(46,47)27-15-16-27)21-24(37)12-8-3-2-4-9-13-29(38)35(44)42(32)22-26;1-4-7(5-2)6-3;4-3(6)7-2-1-5;;/h5-8,10-12,14,17,20,22,26,28-29,31,34H,2-4,9,13,15-16,18-19,21,23-24H2,1H3,(H,43,50)(H,44,47)(H,45,49);5-8,10-12,14,17-18,20,24,26-27,29,32H,2-4,9,13,15-16,19,21-22,38H2,1H3,(H,40,43)(H,41,45);4-6H2,1-3H3;1-2H2;2*1H/b2*12-8-;;;;/t26?,28-,31+,34+,40-;24?,26-,29+,32+,37-;;;;/m11..../s1. The molecule has 8 aliphatic rings. The normalized spacial score (nSPS) is 24.5. The number of nitrogens with zero attached hydrogens (tertiary/aromatic N) is 5. The van der Waals surface area contributed by atoms with Gasteiger partial charge in [0.1, 0.15) is 91.0 Å². The van der Waals surface area contributed by atoms with E-state index in [1.54, 1.807) is 32.4 Å². The smallest absolute Gasteiger partial charge is 0.407 e. The third kappa shape index (κ3) is 24.9. The van der Waals surface area contributed by atoms with Crippen LogP contribution in [0.15, 0.2) is 133 Å². The van der Waals surface area contributed by atoms with Crippen LogP contribution in [0.5, 0.6) is 23.0 Å². The first kappa shape index (κ1) is 96.3. The first-order valence-electron chi connectivity index (χ1n) is 41.2. The molecule has 7 N–H and O–H groups in total. The van der Waals surface area contributed by atoms with Crippen LogP contribution in [0, 0.1) is 11.8 Å². The monoisotopic (exact) mass is 1790 g/mol. The van der Waals surface area contributed by atoms with Gasteiger partial charge < -0.3 is 64.8 Å².